The molecule has 2 heterocycles. The zero-order valence-electron chi connectivity index (χ0n) is 23.9. The molecule has 0 bridgehead atoms. The van der Waals surface area contributed by atoms with Gasteiger partial charge >= 0.3 is 0 Å². The molecule has 1 aromatic heterocycles. The second-order valence-electron chi connectivity index (χ2n) is 11.0. The Balaban J connectivity index is 1.37. The smallest absolute Gasteiger partial charge is 0.273 e. The second kappa shape index (κ2) is 11.0. The van der Waals surface area contributed by atoms with E-state index in [4.69, 9.17) is 4.74 Å². The normalized spacial score (nSPS) is 14.5. The lowest BCUT2D eigenvalue weighted by atomic mass is 9.96. The van der Waals surface area contributed by atoms with Gasteiger partial charge in [0, 0.05) is 34.8 Å². The molecule has 3 aromatic carbocycles. The van der Waals surface area contributed by atoms with Gasteiger partial charge in [-0.15, -0.1) is 0 Å². The lowest BCUT2D eigenvalue weighted by molar-refractivity contribution is -0.115. The molecule has 0 saturated heterocycles. The molecule has 42 heavy (non-hydrogen) atoms. The number of methoxy groups -OCH3 is 1. The first-order chi connectivity index (χ1) is 19.9. The van der Waals surface area contributed by atoms with Crippen molar-refractivity contribution in [2.75, 3.05) is 17.7 Å². The van der Waals surface area contributed by atoms with E-state index in [0.29, 0.717) is 45.2 Å². The Bertz CT molecular complexity index is 1750. The van der Waals surface area contributed by atoms with Crippen LogP contribution in [0.25, 0.3) is 0 Å². The van der Waals surface area contributed by atoms with E-state index in [1.54, 1.807) is 65.3 Å². The molecule has 10 heteroatoms. The zero-order chi connectivity index (χ0) is 30.2. The van der Waals surface area contributed by atoms with Crippen LogP contribution in [0.15, 0.2) is 71.7 Å². The van der Waals surface area contributed by atoms with E-state index in [9.17, 15) is 19.5 Å². The Morgan fingerprint density at radius 2 is 1.83 bits per heavy atom. The van der Waals surface area contributed by atoms with Crippen LogP contribution in [0.2, 0.25) is 0 Å². The minimum Gasteiger partial charge on any atom is -0.504 e. The Morgan fingerprint density at radius 3 is 2.55 bits per heavy atom. The standard InChI is InChI=1S/C32H31N5O5/c1-18-13-26(37(36-18)32(2,3)4)31(41)34-22-8-6-7-19(14-22)29(39)20-9-11-25-23(15-20)24(30(40)35-25)17-33-21-10-12-28(42-5)27(38)16-21/h6-17,24,38H,1-5H3,(H,34,41)(H,35,40). The van der Waals surface area contributed by atoms with Gasteiger partial charge in [-0.2, -0.15) is 5.10 Å². The molecule has 1 atom stereocenters. The SMILES string of the molecule is COc1ccc(N=CC2C(=O)Nc3ccc(C(=O)c4cccc(NC(=O)c5cc(C)nn5C(C)(C)C)c4)cc32)cc1O. The lowest BCUT2D eigenvalue weighted by Gasteiger charge is -2.22. The number of rotatable bonds is 7. The van der Waals surface area contributed by atoms with E-state index in [1.807, 2.05) is 27.7 Å². The van der Waals surface area contributed by atoms with Gasteiger partial charge in [-0.3, -0.25) is 24.1 Å². The van der Waals surface area contributed by atoms with E-state index in [1.165, 1.54) is 19.4 Å². The number of hydrogen-bond acceptors (Lipinski definition) is 7. The maximum absolute atomic E-state index is 13.5. The first kappa shape index (κ1) is 28.3. The van der Waals surface area contributed by atoms with Crippen molar-refractivity contribution >= 4 is 40.9 Å². The molecule has 0 aliphatic carbocycles. The molecule has 0 fully saturated rings. The van der Waals surface area contributed by atoms with Crippen molar-refractivity contribution in [1.82, 2.24) is 9.78 Å². The molecule has 214 valence electrons. The number of nitrogens with one attached hydrogen (secondary N) is 2. The van der Waals surface area contributed by atoms with Crippen LogP contribution in [0.3, 0.4) is 0 Å². The van der Waals surface area contributed by atoms with Gasteiger partial charge in [0.05, 0.1) is 24.0 Å². The largest absolute Gasteiger partial charge is 0.504 e. The molecule has 10 nitrogen and oxygen atoms in total. The number of fused-ring (bicyclic) bond motifs is 1. The number of aromatic nitrogens is 2. The van der Waals surface area contributed by atoms with Crippen LogP contribution in [0, 0.1) is 6.92 Å². The minimum absolute atomic E-state index is 0.0651. The van der Waals surface area contributed by atoms with Crippen LogP contribution in [0.5, 0.6) is 11.5 Å². The van der Waals surface area contributed by atoms with Crippen LogP contribution >= 0.6 is 0 Å². The van der Waals surface area contributed by atoms with Gasteiger partial charge in [-0.05, 0) is 81.8 Å². The Morgan fingerprint density at radius 1 is 1.07 bits per heavy atom. The highest BCUT2D eigenvalue weighted by Crippen LogP contribution is 2.35. The molecular weight excluding hydrogens is 534 g/mol. The highest BCUT2D eigenvalue weighted by molar-refractivity contribution is 6.15. The lowest BCUT2D eigenvalue weighted by Crippen LogP contribution is -2.29. The van der Waals surface area contributed by atoms with E-state index in [2.05, 4.69) is 20.7 Å². The van der Waals surface area contributed by atoms with Gasteiger partial charge in [-0.1, -0.05) is 12.1 Å². The van der Waals surface area contributed by atoms with Gasteiger partial charge in [0.2, 0.25) is 5.91 Å². The molecule has 1 aliphatic heterocycles. The third kappa shape index (κ3) is 5.64. The fraction of sp³-hybridized carbons (Fsp3) is 0.219. The first-order valence-electron chi connectivity index (χ1n) is 13.3. The van der Waals surface area contributed by atoms with Crippen LogP contribution < -0.4 is 15.4 Å². The number of benzene rings is 3. The number of carbonyl (C=O) groups excluding carboxylic acids is 3. The number of hydrogen-bond donors (Lipinski definition) is 3. The highest BCUT2D eigenvalue weighted by atomic mass is 16.5. The van der Waals surface area contributed by atoms with Crippen LogP contribution in [0.4, 0.5) is 17.1 Å². The molecule has 1 aliphatic rings. The number of phenols is 1. The predicted molar refractivity (Wildman–Crippen MR) is 160 cm³/mol. The molecule has 5 rings (SSSR count). The van der Waals surface area contributed by atoms with Crippen LogP contribution in [0.1, 0.15) is 64.4 Å². The van der Waals surface area contributed by atoms with E-state index in [0.717, 1.165) is 5.69 Å². The monoisotopic (exact) mass is 565 g/mol. The predicted octanol–water partition coefficient (Wildman–Crippen LogP) is 5.58. The summed E-state index contributed by atoms with van der Waals surface area (Å²) in [6.45, 7) is 7.74. The van der Waals surface area contributed by atoms with Gasteiger partial charge in [-0.25, -0.2) is 0 Å². The summed E-state index contributed by atoms with van der Waals surface area (Å²) in [6, 6.07) is 18.1. The number of phenolic OH excluding ortho intramolecular Hbond substituents is 1. The molecule has 2 amide bonds. The maximum Gasteiger partial charge on any atom is 0.273 e. The number of aryl methyl sites for hydroxylation is 1. The summed E-state index contributed by atoms with van der Waals surface area (Å²) in [4.78, 5) is 43.7. The van der Waals surface area contributed by atoms with Crippen LogP contribution in [-0.4, -0.2) is 45.8 Å². The average molecular weight is 566 g/mol. The number of anilines is 2. The first-order valence-corrected chi connectivity index (χ1v) is 13.3. The quantitative estimate of drug-likeness (QED) is 0.198. The molecule has 3 N–H and O–H groups in total. The summed E-state index contributed by atoms with van der Waals surface area (Å²) in [5.41, 5.74) is 3.65. The van der Waals surface area contributed by atoms with Crippen molar-refractivity contribution in [2.24, 2.45) is 4.99 Å². The summed E-state index contributed by atoms with van der Waals surface area (Å²) in [5, 5.41) is 20.2. The zero-order valence-corrected chi connectivity index (χ0v) is 23.9. The topological polar surface area (TPSA) is 135 Å². The minimum atomic E-state index is -0.723. The van der Waals surface area contributed by atoms with Gasteiger partial charge in [0.15, 0.2) is 17.3 Å². The van der Waals surface area contributed by atoms with Crippen molar-refractivity contribution in [2.45, 2.75) is 39.2 Å². The van der Waals surface area contributed by atoms with Crippen molar-refractivity contribution in [3.05, 3.63) is 94.8 Å². The summed E-state index contributed by atoms with van der Waals surface area (Å²) in [7, 11) is 1.45. The average Bonchev–Trinajstić information content (AvgIpc) is 3.50. The summed E-state index contributed by atoms with van der Waals surface area (Å²) >= 11 is 0. The van der Waals surface area contributed by atoms with Crippen molar-refractivity contribution < 1.29 is 24.2 Å². The molecule has 1 unspecified atom stereocenters. The molecular formula is C32H31N5O5. The number of carbonyl (C=O) groups is 3. The fourth-order valence-electron chi connectivity index (χ4n) is 4.77. The van der Waals surface area contributed by atoms with Crippen molar-refractivity contribution in [3.63, 3.8) is 0 Å². The van der Waals surface area contributed by atoms with Crippen molar-refractivity contribution in [1.29, 1.82) is 0 Å². The number of aliphatic imine (C=N–C) groups is 1. The van der Waals surface area contributed by atoms with Gasteiger partial charge in [0.1, 0.15) is 11.6 Å². The van der Waals surface area contributed by atoms with Gasteiger partial charge in [0.25, 0.3) is 5.91 Å². The molecule has 0 radical (unpaired) electrons. The van der Waals surface area contributed by atoms with E-state index >= 15 is 0 Å². The summed E-state index contributed by atoms with van der Waals surface area (Å²) < 4.78 is 6.74. The Labute approximate surface area is 243 Å². The second-order valence-corrected chi connectivity index (χ2v) is 11.0. The number of ether oxygens (including phenoxy) is 1. The third-order valence-electron chi connectivity index (χ3n) is 6.81. The molecule has 4 aromatic rings. The maximum atomic E-state index is 13.5. The summed E-state index contributed by atoms with van der Waals surface area (Å²) in [5.74, 6) is -1.34. The van der Waals surface area contributed by atoms with Crippen molar-refractivity contribution in [3.8, 4) is 11.5 Å². The highest BCUT2D eigenvalue weighted by Gasteiger charge is 2.30. The van der Waals surface area contributed by atoms with E-state index < -0.39 is 5.92 Å². The van der Waals surface area contributed by atoms with Crippen LogP contribution in [-0.2, 0) is 10.3 Å². The molecule has 0 spiro atoms. The third-order valence-corrected chi connectivity index (χ3v) is 6.81. The fourth-order valence-corrected chi connectivity index (χ4v) is 4.77. The number of ketones is 1. The number of aromatic hydroxyl groups is 1. The Hall–Kier alpha value is -5.25. The Kier molecular flexibility index (Phi) is 7.38. The number of amides is 2. The summed E-state index contributed by atoms with van der Waals surface area (Å²) in [6.07, 6.45) is 1.48. The molecule has 0 saturated carbocycles. The number of nitrogens with zero attached hydrogens (tertiary/aromatic N) is 3. The van der Waals surface area contributed by atoms with Gasteiger partial charge < -0.3 is 20.5 Å². The van der Waals surface area contributed by atoms with E-state index in [-0.39, 0.29) is 28.9 Å².